The van der Waals surface area contributed by atoms with Crippen LogP contribution in [0.25, 0.3) is 11.1 Å². The van der Waals surface area contributed by atoms with Crippen molar-refractivity contribution in [2.45, 2.75) is 17.0 Å². The van der Waals surface area contributed by atoms with Crippen LogP contribution < -0.4 is 0 Å². The van der Waals surface area contributed by atoms with E-state index in [1.807, 2.05) is 18.2 Å². The summed E-state index contributed by atoms with van der Waals surface area (Å²) in [6.07, 6.45) is -0.428. The first-order valence-corrected chi connectivity index (χ1v) is 13.8. The highest BCUT2D eigenvalue weighted by Crippen LogP contribution is 2.47. The number of benzene rings is 5. The van der Waals surface area contributed by atoms with E-state index in [1.54, 1.807) is 0 Å². The molecule has 5 aromatic rings. The Bertz CT molecular complexity index is 1480. The lowest BCUT2D eigenvalue weighted by Crippen LogP contribution is -2.42. The van der Waals surface area contributed by atoms with Gasteiger partial charge in [-0.2, -0.15) is 0 Å². The van der Waals surface area contributed by atoms with Crippen LogP contribution in [0.15, 0.2) is 155 Å². The number of hydrogen-bond donors (Lipinski definition) is 0. The molecule has 0 radical (unpaired) electrons. The van der Waals surface area contributed by atoms with E-state index >= 15 is 0 Å². The minimum Gasteiger partial charge on any atom is -0.112 e. The number of nitrogens with zero attached hydrogens (tertiary/aromatic N) is 4. The van der Waals surface area contributed by atoms with E-state index in [-0.39, 0.29) is 0 Å². The first-order chi connectivity index (χ1) is 18.8. The fourth-order valence-electron chi connectivity index (χ4n) is 5.35. The maximum absolute atomic E-state index is 4.74. The summed E-state index contributed by atoms with van der Waals surface area (Å²) in [5.41, 5.74) is 7.06. The first-order valence-electron chi connectivity index (χ1n) is 12.6. The number of alkyl halides is 1. The standard InChI is InChI=1S/C33H26BrN4/c34-24-25-20-22-26(23-21-25)30-18-10-11-19-31(30)32-35-36-37-38(32)33(27-12-4-1-5-13-27,28-14-6-2-7-15-28)29-16-8-3-9-17-29/h1-23,32H,24H2/q+1. The molecule has 6 rings (SSSR count). The molecule has 0 saturated carbocycles. The third-order valence-electron chi connectivity index (χ3n) is 7.11. The van der Waals surface area contributed by atoms with Gasteiger partial charge in [-0.15, -0.1) is 4.70 Å². The minimum absolute atomic E-state index is 0.428. The van der Waals surface area contributed by atoms with Crippen LogP contribution in [0.3, 0.4) is 0 Å². The Kier molecular flexibility index (Phi) is 6.76. The monoisotopic (exact) mass is 557 g/mol. The van der Waals surface area contributed by atoms with E-state index in [2.05, 4.69) is 147 Å². The summed E-state index contributed by atoms with van der Waals surface area (Å²) in [4.78, 5) is 0. The molecule has 0 spiro atoms. The molecule has 38 heavy (non-hydrogen) atoms. The zero-order valence-electron chi connectivity index (χ0n) is 20.7. The van der Waals surface area contributed by atoms with E-state index in [1.165, 1.54) is 5.56 Å². The summed E-state index contributed by atoms with van der Waals surface area (Å²) in [6, 6.07) is 48.6. The van der Waals surface area contributed by atoms with Crippen molar-refractivity contribution in [2.24, 2.45) is 15.6 Å². The summed E-state index contributed by atoms with van der Waals surface area (Å²) in [5.74, 6) is 0. The molecule has 0 N–H and O–H groups in total. The molecule has 0 saturated heterocycles. The van der Waals surface area contributed by atoms with E-state index < -0.39 is 11.7 Å². The second-order valence-electron chi connectivity index (χ2n) is 9.24. The van der Waals surface area contributed by atoms with Gasteiger partial charge < -0.3 is 0 Å². The van der Waals surface area contributed by atoms with Crippen molar-refractivity contribution < 1.29 is 4.70 Å². The maximum atomic E-state index is 4.74. The van der Waals surface area contributed by atoms with Gasteiger partial charge in [0.25, 0.3) is 6.17 Å². The van der Waals surface area contributed by atoms with Gasteiger partial charge in [0.1, 0.15) is 0 Å². The van der Waals surface area contributed by atoms with Crippen molar-refractivity contribution in [3.8, 4) is 11.1 Å². The molecule has 5 aromatic carbocycles. The summed E-state index contributed by atoms with van der Waals surface area (Å²) in [6.45, 7) is 0. The number of hydrogen-bond acceptors (Lipinski definition) is 3. The second kappa shape index (κ2) is 10.6. The van der Waals surface area contributed by atoms with Crippen LogP contribution in [0, 0.1) is 0 Å². The van der Waals surface area contributed by atoms with Crippen molar-refractivity contribution >= 4 is 15.9 Å². The van der Waals surface area contributed by atoms with Crippen LogP contribution in [-0.2, 0) is 10.9 Å². The van der Waals surface area contributed by atoms with Crippen molar-refractivity contribution in [2.75, 3.05) is 0 Å². The summed E-state index contributed by atoms with van der Waals surface area (Å²) in [7, 11) is 0. The molecule has 0 amide bonds. The average Bonchev–Trinajstić information content (AvgIpc) is 3.49. The van der Waals surface area contributed by atoms with Crippen molar-refractivity contribution in [1.29, 1.82) is 0 Å². The van der Waals surface area contributed by atoms with Gasteiger partial charge in [0.05, 0.1) is 0 Å². The smallest absolute Gasteiger partial charge is 0.112 e. The number of rotatable bonds is 7. The molecule has 0 aromatic heterocycles. The molecule has 0 fully saturated rings. The fourth-order valence-corrected chi connectivity index (χ4v) is 5.72. The minimum atomic E-state index is -0.759. The van der Waals surface area contributed by atoms with Gasteiger partial charge >= 0.3 is 0 Å². The molecular formula is C33H26BrN4+. The van der Waals surface area contributed by atoms with Crippen LogP contribution in [0.4, 0.5) is 0 Å². The zero-order chi connectivity index (χ0) is 25.8. The van der Waals surface area contributed by atoms with Crippen molar-refractivity contribution in [3.63, 3.8) is 0 Å². The van der Waals surface area contributed by atoms with E-state index in [4.69, 9.17) is 10.3 Å². The molecule has 0 bridgehead atoms. The normalized spacial score (nSPS) is 14.9. The molecule has 1 aliphatic rings. The van der Waals surface area contributed by atoms with Gasteiger partial charge in [0.2, 0.25) is 10.8 Å². The summed E-state index contributed by atoms with van der Waals surface area (Å²) in [5, 5.41) is 14.6. The summed E-state index contributed by atoms with van der Waals surface area (Å²) >= 11 is 3.56. The number of halogens is 1. The van der Waals surface area contributed by atoms with Crippen molar-refractivity contribution in [3.05, 3.63) is 167 Å². The fraction of sp³-hybridized carbons (Fsp3) is 0.0909. The van der Waals surface area contributed by atoms with Gasteiger partial charge in [-0.1, -0.05) is 155 Å². The molecule has 1 aliphatic heterocycles. The van der Waals surface area contributed by atoms with Gasteiger partial charge in [0, 0.05) is 32.7 Å². The maximum Gasteiger partial charge on any atom is 0.280 e. The van der Waals surface area contributed by atoms with Crippen LogP contribution in [0.1, 0.15) is 34.0 Å². The van der Waals surface area contributed by atoms with Gasteiger partial charge in [-0.05, 0) is 16.7 Å². The molecule has 0 aliphatic carbocycles. The Labute approximate surface area is 231 Å². The van der Waals surface area contributed by atoms with Crippen LogP contribution in [0.5, 0.6) is 0 Å². The predicted molar refractivity (Wildman–Crippen MR) is 154 cm³/mol. The molecule has 5 heteroatoms. The Morgan fingerprint density at radius 3 is 1.63 bits per heavy atom. The highest BCUT2D eigenvalue weighted by molar-refractivity contribution is 9.08. The third-order valence-corrected chi connectivity index (χ3v) is 7.75. The Morgan fingerprint density at radius 2 is 1.11 bits per heavy atom. The van der Waals surface area contributed by atoms with Gasteiger partial charge in [0.15, 0.2) is 5.22 Å². The molecule has 4 nitrogen and oxygen atoms in total. The molecular weight excluding hydrogens is 532 g/mol. The summed E-state index contributed by atoms with van der Waals surface area (Å²) < 4.78 is 2.07. The largest absolute Gasteiger partial charge is 0.280 e. The Hall–Kier alpha value is -4.22. The van der Waals surface area contributed by atoms with Crippen LogP contribution >= 0.6 is 15.9 Å². The lowest BCUT2D eigenvalue weighted by Gasteiger charge is -2.34. The first kappa shape index (κ1) is 24.1. The Morgan fingerprint density at radius 1 is 0.605 bits per heavy atom. The van der Waals surface area contributed by atoms with Gasteiger partial charge in [-0.3, -0.25) is 0 Å². The highest BCUT2D eigenvalue weighted by atomic mass is 79.9. The topological polar surface area (TPSA) is 40.1 Å². The zero-order valence-corrected chi connectivity index (χ0v) is 22.3. The highest BCUT2D eigenvalue weighted by Gasteiger charge is 2.51. The Balaban J connectivity index is 1.59. The van der Waals surface area contributed by atoms with Gasteiger partial charge in [-0.25, -0.2) is 0 Å². The van der Waals surface area contributed by atoms with Crippen LogP contribution in [-0.4, -0.2) is 4.70 Å². The van der Waals surface area contributed by atoms with E-state index in [0.29, 0.717) is 0 Å². The van der Waals surface area contributed by atoms with E-state index in [9.17, 15) is 0 Å². The quantitative estimate of drug-likeness (QED) is 0.109. The average molecular weight is 559 g/mol. The lowest BCUT2D eigenvalue weighted by atomic mass is 9.76. The predicted octanol–water partition coefficient (Wildman–Crippen LogP) is 9.08. The molecule has 1 unspecified atom stereocenters. The third kappa shape index (κ3) is 4.19. The molecule has 184 valence electrons. The van der Waals surface area contributed by atoms with Crippen molar-refractivity contribution in [1.82, 2.24) is 0 Å². The van der Waals surface area contributed by atoms with Crippen LogP contribution in [0.2, 0.25) is 0 Å². The molecule has 1 heterocycles. The second-order valence-corrected chi connectivity index (χ2v) is 9.80. The molecule has 1 atom stereocenters. The lowest BCUT2D eigenvalue weighted by molar-refractivity contribution is -0.683. The SMILES string of the molecule is BrCc1ccc(-c2ccccc2C2N=NN=[N+]2C(c2ccccc2)(c2ccccc2)c2ccccc2)cc1. The van der Waals surface area contributed by atoms with E-state index in [0.717, 1.165) is 38.7 Å².